The van der Waals surface area contributed by atoms with E-state index in [-0.39, 0.29) is 11.3 Å². The van der Waals surface area contributed by atoms with Crippen molar-refractivity contribution in [2.75, 3.05) is 0 Å². The first-order chi connectivity index (χ1) is 5.94. The summed E-state index contributed by atoms with van der Waals surface area (Å²) in [7, 11) is 0. The molecule has 0 spiro atoms. The van der Waals surface area contributed by atoms with Crippen LogP contribution in [-0.2, 0) is 4.79 Å². The smallest absolute Gasteiger partial charge is 0.225 e. The van der Waals surface area contributed by atoms with Gasteiger partial charge in [-0.2, -0.15) is 0 Å². The first-order valence-corrected chi connectivity index (χ1v) is 5.25. The molecule has 0 fully saturated rings. The Bertz CT molecular complexity index is 163. The lowest BCUT2D eigenvalue weighted by molar-refractivity contribution is -0.130. The van der Waals surface area contributed by atoms with Gasteiger partial charge in [0.15, 0.2) is 0 Å². The number of carbonyl (C=O) groups excluding carboxylic acids is 1. The average Bonchev–Trinajstić information content (AvgIpc) is 2.04. The van der Waals surface area contributed by atoms with Gasteiger partial charge < -0.3 is 5.32 Å². The summed E-state index contributed by atoms with van der Waals surface area (Å²) in [6, 6.07) is 0.295. The van der Waals surface area contributed by atoms with Gasteiger partial charge in [-0.1, -0.05) is 34.1 Å². The molecule has 2 nitrogen and oxygen atoms in total. The number of carbonyl (C=O) groups is 1. The molecule has 0 aliphatic heterocycles. The summed E-state index contributed by atoms with van der Waals surface area (Å²) in [5.41, 5.74) is -0.210. The predicted molar refractivity (Wildman–Crippen MR) is 56.6 cm³/mol. The molecule has 1 amide bonds. The Labute approximate surface area is 82.1 Å². The lowest BCUT2D eigenvalue weighted by Crippen LogP contribution is -2.41. The summed E-state index contributed by atoms with van der Waals surface area (Å²) < 4.78 is 0. The van der Waals surface area contributed by atoms with Crippen molar-refractivity contribution in [1.29, 1.82) is 0 Å². The van der Waals surface area contributed by atoms with Crippen LogP contribution in [-0.4, -0.2) is 11.9 Å². The Balaban J connectivity index is 4.08. The Morgan fingerprint density at radius 2 is 1.92 bits per heavy atom. The average molecular weight is 185 g/mol. The normalized spacial score (nSPS) is 13.9. The van der Waals surface area contributed by atoms with Gasteiger partial charge in [0.1, 0.15) is 0 Å². The van der Waals surface area contributed by atoms with Crippen molar-refractivity contribution < 1.29 is 4.79 Å². The second-order valence-electron chi connectivity index (χ2n) is 4.42. The third-order valence-electron chi connectivity index (χ3n) is 2.48. The molecular formula is C11H23NO. The topological polar surface area (TPSA) is 29.1 Å². The van der Waals surface area contributed by atoms with Gasteiger partial charge in [0.05, 0.1) is 0 Å². The summed E-state index contributed by atoms with van der Waals surface area (Å²) >= 11 is 0. The molecule has 1 N–H and O–H groups in total. The Kier molecular flexibility index (Phi) is 5.04. The second-order valence-corrected chi connectivity index (χ2v) is 4.42. The molecule has 0 aromatic heterocycles. The molecule has 0 heterocycles. The molecule has 0 aliphatic carbocycles. The van der Waals surface area contributed by atoms with Crippen molar-refractivity contribution in [2.45, 2.75) is 59.9 Å². The molecule has 0 rings (SSSR count). The van der Waals surface area contributed by atoms with Crippen LogP contribution >= 0.6 is 0 Å². The first-order valence-electron chi connectivity index (χ1n) is 5.25. The maximum Gasteiger partial charge on any atom is 0.225 e. The van der Waals surface area contributed by atoms with Crippen molar-refractivity contribution in [1.82, 2.24) is 5.32 Å². The van der Waals surface area contributed by atoms with Gasteiger partial charge in [-0.05, 0) is 19.8 Å². The Hall–Kier alpha value is -0.530. The lowest BCUT2D eigenvalue weighted by Gasteiger charge is -2.25. The summed E-state index contributed by atoms with van der Waals surface area (Å²) in [6.45, 7) is 10.2. The van der Waals surface area contributed by atoms with Gasteiger partial charge in [-0.15, -0.1) is 0 Å². The van der Waals surface area contributed by atoms with E-state index in [4.69, 9.17) is 0 Å². The largest absolute Gasteiger partial charge is 0.353 e. The highest BCUT2D eigenvalue weighted by molar-refractivity contribution is 5.81. The van der Waals surface area contributed by atoms with Gasteiger partial charge in [-0.25, -0.2) is 0 Å². The van der Waals surface area contributed by atoms with Crippen molar-refractivity contribution in [3.63, 3.8) is 0 Å². The standard InChI is InChI=1S/C11H23NO/c1-6-8-11(4,5)10(13)12-9(3)7-2/h9H,6-8H2,1-5H3,(H,12,13). The fraction of sp³-hybridized carbons (Fsp3) is 0.909. The van der Waals surface area contributed by atoms with E-state index in [1.807, 2.05) is 20.8 Å². The van der Waals surface area contributed by atoms with E-state index in [2.05, 4.69) is 19.2 Å². The fourth-order valence-corrected chi connectivity index (χ4v) is 1.26. The van der Waals surface area contributed by atoms with Crippen molar-refractivity contribution in [3.05, 3.63) is 0 Å². The zero-order valence-electron chi connectivity index (χ0n) is 9.61. The van der Waals surface area contributed by atoms with E-state index in [0.29, 0.717) is 6.04 Å². The lowest BCUT2D eigenvalue weighted by atomic mass is 9.87. The minimum Gasteiger partial charge on any atom is -0.353 e. The summed E-state index contributed by atoms with van der Waals surface area (Å²) in [5, 5.41) is 3.02. The number of hydrogen-bond acceptors (Lipinski definition) is 1. The van der Waals surface area contributed by atoms with E-state index >= 15 is 0 Å². The summed E-state index contributed by atoms with van der Waals surface area (Å²) in [6.07, 6.45) is 3.00. The first kappa shape index (κ1) is 12.5. The van der Waals surface area contributed by atoms with Crippen LogP contribution < -0.4 is 5.32 Å². The van der Waals surface area contributed by atoms with Crippen LogP contribution in [0.1, 0.15) is 53.9 Å². The number of hydrogen-bond donors (Lipinski definition) is 1. The highest BCUT2D eigenvalue weighted by Gasteiger charge is 2.26. The van der Waals surface area contributed by atoms with Gasteiger partial charge in [0.25, 0.3) is 0 Å². The van der Waals surface area contributed by atoms with E-state index in [0.717, 1.165) is 19.3 Å². The van der Waals surface area contributed by atoms with Gasteiger partial charge in [0.2, 0.25) is 5.91 Å². The van der Waals surface area contributed by atoms with Crippen molar-refractivity contribution >= 4 is 5.91 Å². The van der Waals surface area contributed by atoms with Crippen LogP contribution in [0, 0.1) is 5.41 Å². The molecule has 0 bridgehead atoms. The van der Waals surface area contributed by atoms with Gasteiger partial charge >= 0.3 is 0 Å². The van der Waals surface area contributed by atoms with Gasteiger partial charge in [0, 0.05) is 11.5 Å². The molecule has 1 atom stereocenters. The third-order valence-corrected chi connectivity index (χ3v) is 2.48. The summed E-state index contributed by atoms with van der Waals surface area (Å²) in [5.74, 6) is 0.184. The van der Waals surface area contributed by atoms with Crippen molar-refractivity contribution in [2.24, 2.45) is 5.41 Å². The second kappa shape index (κ2) is 5.25. The van der Waals surface area contributed by atoms with Crippen molar-refractivity contribution in [3.8, 4) is 0 Å². The molecule has 78 valence electrons. The maximum atomic E-state index is 11.7. The number of amides is 1. The molecule has 0 aliphatic rings. The van der Waals surface area contributed by atoms with Crippen LogP contribution in [0.25, 0.3) is 0 Å². The van der Waals surface area contributed by atoms with Crippen LogP contribution in [0.4, 0.5) is 0 Å². The molecule has 0 aromatic carbocycles. The SMILES string of the molecule is CCCC(C)(C)C(=O)NC(C)CC. The molecule has 0 aromatic rings. The molecule has 0 saturated heterocycles. The molecule has 1 unspecified atom stereocenters. The molecule has 0 saturated carbocycles. The number of nitrogens with one attached hydrogen (secondary N) is 1. The van der Waals surface area contributed by atoms with Crippen LogP contribution in [0.2, 0.25) is 0 Å². The predicted octanol–water partition coefficient (Wildman–Crippen LogP) is 2.73. The van der Waals surface area contributed by atoms with E-state index in [1.54, 1.807) is 0 Å². The monoisotopic (exact) mass is 185 g/mol. The molecular weight excluding hydrogens is 162 g/mol. The molecule has 0 radical (unpaired) electrons. The van der Waals surface area contributed by atoms with E-state index < -0.39 is 0 Å². The molecule has 2 heteroatoms. The van der Waals surface area contributed by atoms with Crippen LogP contribution in [0.15, 0.2) is 0 Å². The minimum atomic E-state index is -0.210. The number of rotatable bonds is 5. The van der Waals surface area contributed by atoms with E-state index in [9.17, 15) is 4.79 Å². The maximum absolute atomic E-state index is 11.7. The highest BCUT2D eigenvalue weighted by atomic mass is 16.2. The zero-order chi connectivity index (χ0) is 10.5. The minimum absolute atomic E-state index is 0.184. The van der Waals surface area contributed by atoms with E-state index in [1.165, 1.54) is 0 Å². The summed E-state index contributed by atoms with van der Waals surface area (Å²) in [4.78, 5) is 11.7. The molecule has 13 heavy (non-hydrogen) atoms. The fourth-order valence-electron chi connectivity index (χ4n) is 1.26. The zero-order valence-corrected chi connectivity index (χ0v) is 9.61. The quantitative estimate of drug-likeness (QED) is 0.701. The van der Waals surface area contributed by atoms with Crippen LogP contribution in [0.3, 0.4) is 0 Å². The Morgan fingerprint density at radius 1 is 1.38 bits per heavy atom. The Morgan fingerprint density at radius 3 is 2.31 bits per heavy atom. The van der Waals surface area contributed by atoms with Gasteiger partial charge in [-0.3, -0.25) is 4.79 Å². The third kappa shape index (κ3) is 4.30. The van der Waals surface area contributed by atoms with Crippen LogP contribution in [0.5, 0.6) is 0 Å². The highest BCUT2D eigenvalue weighted by Crippen LogP contribution is 2.22.